The number of aromatic nitrogens is 5. The minimum atomic E-state index is -0.375. The molecule has 21 heteroatoms. The van der Waals surface area contributed by atoms with Crippen LogP contribution in [0.1, 0.15) is 186 Å². The summed E-state index contributed by atoms with van der Waals surface area (Å²) in [5, 5.41) is 89.0. The van der Waals surface area contributed by atoms with E-state index >= 15 is 0 Å². The van der Waals surface area contributed by atoms with E-state index in [1.165, 1.54) is 15.6 Å². The van der Waals surface area contributed by atoms with Crippen LogP contribution < -0.4 is 0 Å². The van der Waals surface area contributed by atoms with Gasteiger partial charge < -0.3 is 71.0 Å². The quantitative estimate of drug-likeness (QED) is 0.0337. The van der Waals surface area contributed by atoms with Crippen LogP contribution >= 0.6 is 11.3 Å². The number of rotatable bonds is 19. The summed E-state index contributed by atoms with van der Waals surface area (Å²) in [6, 6.07) is 74.4. The first kappa shape index (κ1) is 120. The molecule has 0 amide bonds. The summed E-state index contributed by atoms with van der Waals surface area (Å²) < 4.78 is 1.22. The van der Waals surface area contributed by atoms with E-state index < -0.39 is 0 Å². The van der Waals surface area contributed by atoms with Crippen LogP contribution in [0.25, 0.3) is 50.9 Å². The van der Waals surface area contributed by atoms with Crippen molar-refractivity contribution in [1.82, 2.24) is 24.9 Å². The smallest absolute Gasteiger partial charge is 0.0697 e. The molecule has 5 aromatic heterocycles. The van der Waals surface area contributed by atoms with Crippen molar-refractivity contribution in [1.29, 1.82) is 0 Å². The molecule has 0 spiro atoms. The number of hydrogen-bond acceptors (Lipinski definition) is 16. The number of nitrogens with zero attached hydrogens (tertiary/aromatic N) is 5. The summed E-state index contributed by atoms with van der Waals surface area (Å²) in [6.45, 7) is 22.5. The molecular formula is C95H122Ir5N5O10S-5. The van der Waals surface area contributed by atoms with Crippen molar-refractivity contribution in [3.05, 3.63) is 335 Å². The minimum absolute atomic E-state index is 0. The number of aliphatic hydroxyl groups excluding tert-OH is 10. The molecule has 0 aliphatic heterocycles. The number of para-hydroxylation sites is 1. The number of allylic oxidation sites excluding steroid dienone is 2. The molecule has 10 atom stereocenters. The Hall–Kier alpha value is -6.38. The van der Waals surface area contributed by atoms with Gasteiger partial charge in [0.2, 0.25) is 0 Å². The second-order valence-electron chi connectivity index (χ2n) is 25.8. The van der Waals surface area contributed by atoms with E-state index in [0.29, 0.717) is 32.1 Å². The van der Waals surface area contributed by atoms with Crippen LogP contribution in [-0.4, -0.2) is 137 Å². The van der Waals surface area contributed by atoms with E-state index in [1.54, 1.807) is 93.0 Å². The Bertz CT molecular complexity index is 4070. The van der Waals surface area contributed by atoms with Gasteiger partial charge in [0.15, 0.2) is 0 Å². The average Bonchev–Trinajstić information content (AvgIpc) is 1.03. The molecule has 116 heavy (non-hydrogen) atoms. The molecule has 5 heterocycles. The molecule has 0 saturated carbocycles. The van der Waals surface area contributed by atoms with E-state index in [1.807, 2.05) is 257 Å². The van der Waals surface area contributed by atoms with E-state index in [2.05, 4.69) is 80.4 Å². The number of fused-ring (bicyclic) bond motifs is 2. The van der Waals surface area contributed by atoms with Crippen LogP contribution in [0.2, 0.25) is 0 Å². The van der Waals surface area contributed by atoms with Crippen molar-refractivity contribution in [3.63, 3.8) is 0 Å². The fourth-order valence-electron chi connectivity index (χ4n) is 9.37. The van der Waals surface area contributed by atoms with Crippen LogP contribution in [0.4, 0.5) is 0 Å². The van der Waals surface area contributed by atoms with Gasteiger partial charge >= 0.3 is 0 Å². The van der Waals surface area contributed by atoms with Gasteiger partial charge in [-0.2, -0.15) is 11.3 Å². The molecule has 11 rings (SSSR count). The van der Waals surface area contributed by atoms with E-state index in [0.717, 1.165) is 66.5 Å². The average molecular weight is 2490 g/mol. The molecule has 5 radical (unpaired) electrons. The maximum absolute atomic E-state index is 8.56. The van der Waals surface area contributed by atoms with Crippen LogP contribution in [0.15, 0.2) is 249 Å². The Balaban J connectivity index is -0.000000295. The summed E-state index contributed by atoms with van der Waals surface area (Å²) in [5.74, 6) is 0. The van der Waals surface area contributed by atoms with Gasteiger partial charge in [0, 0.05) is 135 Å². The van der Waals surface area contributed by atoms with Crippen molar-refractivity contribution in [2.45, 2.75) is 198 Å². The zero-order valence-corrected chi connectivity index (χ0v) is 79.9. The van der Waals surface area contributed by atoms with Crippen LogP contribution in [0.5, 0.6) is 0 Å². The largest absolute Gasteiger partial charge is 0.393 e. The Morgan fingerprint density at radius 1 is 0.362 bits per heavy atom. The summed E-state index contributed by atoms with van der Waals surface area (Å²) >= 11 is 1.69. The minimum Gasteiger partial charge on any atom is -0.393 e. The van der Waals surface area contributed by atoms with Crippen molar-refractivity contribution in [2.75, 3.05) is 0 Å². The maximum atomic E-state index is 8.56. The second kappa shape index (κ2) is 74.9. The van der Waals surface area contributed by atoms with Crippen LogP contribution in [0.3, 0.4) is 0 Å². The number of aryl methyl sites for hydroxylation is 1. The molecular weight excluding hydrogens is 2360 g/mol. The van der Waals surface area contributed by atoms with Crippen molar-refractivity contribution < 1.29 is 152 Å². The molecule has 0 bridgehead atoms. The molecule has 643 valence electrons. The van der Waals surface area contributed by atoms with Gasteiger partial charge in [-0.15, -0.1) is 180 Å². The van der Waals surface area contributed by atoms with Crippen LogP contribution in [0, 0.1) is 37.3 Å². The Kier molecular flexibility index (Phi) is 77.7. The molecule has 0 aliphatic rings. The Labute approximate surface area is 765 Å². The van der Waals surface area contributed by atoms with Gasteiger partial charge in [-0.3, -0.25) is 11.1 Å². The number of pyridine rings is 4. The Morgan fingerprint density at radius 2 is 0.724 bits per heavy atom. The van der Waals surface area contributed by atoms with E-state index in [-0.39, 0.29) is 176 Å². The first-order valence-corrected chi connectivity index (χ1v) is 37.3. The van der Waals surface area contributed by atoms with Crippen molar-refractivity contribution in [3.8, 4) is 0 Å². The standard InChI is InChI=1S/C17H12N.C15H10NS.2C14H12N.C8H8N.5C5H12O2.2CH4.5Ir/c1-2-6-14(7-3-1)10-11-17-16-9-5-4-8-15(16)12-13-18-17;1-2-6-12(7-3-1)10-11-15-16-13-8-4-5-9-14(13)17-15;1-12(14-9-5-6-10-15-14)11-13-7-3-2-4-8-13;1-12-9-10-15-14(11-12)8-7-13-5-3-2-4-6-13;1-2-5-8-6-3-4-7-9-8;5*1-4(6)3-5(2)7;;;;;;;/h1-9,11-13H;1-9,11H;2-10H,1H3;2-6,8-11H,1H3;3-7H,1H3;5*4-7H,3H2,1-2H3;2*1H4;;;;;/q5*-1;;;;;;;;;;;;. The van der Waals surface area contributed by atoms with Crippen molar-refractivity contribution >= 4 is 62.2 Å². The summed E-state index contributed by atoms with van der Waals surface area (Å²) in [4.78, 5) is 21.5. The topological polar surface area (TPSA) is 267 Å². The predicted octanol–water partition coefficient (Wildman–Crippen LogP) is 18.7. The second-order valence-corrected chi connectivity index (χ2v) is 26.9. The summed E-state index contributed by atoms with van der Waals surface area (Å²) in [6.07, 6.45) is 29.4. The SMILES string of the molecule is C.C.CC(=[C-]c1ccccc1)c1ccccn1.CC(O)CC(C)O.CC(O)CC(C)O.CC(O)CC(C)O.CC(O)CC(C)O.CC(O)CC(C)O.C[C-]=Cc1ccccn1.Cc1ccnc(C=[C-]c2ccccc2)c1.[C-](=Cc1nc2ccccc2s1)c1ccccc1.[C-](=Cc1nccc2ccccc12)c1ccccc1.[Ir].[Ir].[Ir].[Ir].[Ir]. The molecule has 0 fully saturated rings. The van der Waals surface area contributed by atoms with E-state index in [9.17, 15) is 0 Å². The number of benzene rings is 6. The first-order chi connectivity index (χ1) is 52.1. The van der Waals surface area contributed by atoms with E-state index in [4.69, 9.17) is 51.1 Å². The third kappa shape index (κ3) is 64.6. The zero-order valence-electron chi connectivity index (χ0n) is 67.1. The van der Waals surface area contributed by atoms with Crippen LogP contribution in [-0.2, 0) is 101 Å². The van der Waals surface area contributed by atoms with Gasteiger partial charge in [-0.25, -0.2) is 6.08 Å². The van der Waals surface area contributed by atoms with Gasteiger partial charge in [0.05, 0.1) is 66.6 Å². The van der Waals surface area contributed by atoms with Crippen molar-refractivity contribution in [2.24, 2.45) is 0 Å². The molecule has 10 unspecified atom stereocenters. The number of aliphatic hydroxyl groups is 10. The molecule has 0 saturated heterocycles. The number of thiazole rings is 1. The molecule has 6 aromatic carbocycles. The van der Waals surface area contributed by atoms with Gasteiger partial charge in [-0.1, -0.05) is 118 Å². The molecule has 10 N–H and O–H groups in total. The molecule has 11 aromatic rings. The zero-order chi connectivity index (χ0) is 80.6. The Morgan fingerprint density at radius 3 is 1.11 bits per heavy atom. The first-order valence-electron chi connectivity index (χ1n) is 36.5. The molecule has 15 nitrogen and oxygen atoms in total. The fraction of sp³-hybridized carbons (Fsp3) is 0.316. The van der Waals surface area contributed by atoms with Gasteiger partial charge in [0.1, 0.15) is 0 Å². The monoisotopic (exact) mass is 2490 g/mol. The van der Waals surface area contributed by atoms with Gasteiger partial charge in [0.25, 0.3) is 0 Å². The third-order valence-electron chi connectivity index (χ3n) is 13.9. The normalized spacial score (nSPS) is 12.7. The van der Waals surface area contributed by atoms with Gasteiger partial charge in [-0.05, 0) is 173 Å². The third-order valence-corrected chi connectivity index (χ3v) is 14.9. The fourth-order valence-corrected chi connectivity index (χ4v) is 10.2. The maximum Gasteiger partial charge on any atom is 0.0697 e. The predicted molar refractivity (Wildman–Crippen MR) is 463 cm³/mol. The molecule has 0 aliphatic carbocycles. The summed E-state index contributed by atoms with van der Waals surface area (Å²) in [7, 11) is 0. The summed E-state index contributed by atoms with van der Waals surface area (Å²) in [5.41, 5.74) is 11.4. The number of hydrogen-bond donors (Lipinski definition) is 10.